The Morgan fingerprint density at radius 3 is 2.88 bits per heavy atom. The van der Waals surface area contributed by atoms with Crippen molar-refractivity contribution < 1.29 is 0 Å². The van der Waals surface area contributed by atoms with Crippen LogP contribution in [0.25, 0.3) is 0 Å². The van der Waals surface area contributed by atoms with Crippen LogP contribution < -0.4 is 10.2 Å². The van der Waals surface area contributed by atoms with E-state index in [2.05, 4.69) is 47.8 Å². The summed E-state index contributed by atoms with van der Waals surface area (Å²) in [6.07, 6.45) is 1.87. The fourth-order valence-corrected chi connectivity index (χ4v) is 1.82. The van der Waals surface area contributed by atoms with Gasteiger partial charge in [-0.05, 0) is 38.1 Å². The Bertz CT molecular complexity index is 373. The van der Waals surface area contributed by atoms with Crippen LogP contribution in [0.5, 0.6) is 0 Å². The molecule has 1 atom stereocenters. The van der Waals surface area contributed by atoms with E-state index in [0.29, 0.717) is 6.04 Å². The molecular formula is C14H23N3. The summed E-state index contributed by atoms with van der Waals surface area (Å²) in [7, 11) is 2.04. The lowest BCUT2D eigenvalue weighted by atomic mass is 10.1. The van der Waals surface area contributed by atoms with E-state index in [1.807, 2.05) is 20.2 Å². The van der Waals surface area contributed by atoms with Crippen LogP contribution in [0.15, 0.2) is 30.5 Å². The fourth-order valence-electron chi connectivity index (χ4n) is 1.82. The summed E-state index contributed by atoms with van der Waals surface area (Å²) in [6, 6.07) is 4.56. The molecule has 0 aliphatic carbocycles. The van der Waals surface area contributed by atoms with Crippen molar-refractivity contribution in [3.63, 3.8) is 0 Å². The summed E-state index contributed by atoms with van der Waals surface area (Å²) in [6.45, 7) is 12.1. The van der Waals surface area contributed by atoms with Gasteiger partial charge in [-0.1, -0.05) is 19.1 Å². The molecule has 0 aliphatic rings. The third-order valence-electron chi connectivity index (χ3n) is 2.68. The number of hydrogen-bond donors (Lipinski definition) is 1. The van der Waals surface area contributed by atoms with Crippen molar-refractivity contribution >= 4 is 5.82 Å². The molecule has 94 valence electrons. The molecule has 1 N–H and O–H groups in total. The molecule has 1 rings (SSSR count). The molecule has 3 nitrogen and oxygen atoms in total. The van der Waals surface area contributed by atoms with Gasteiger partial charge in [-0.3, -0.25) is 0 Å². The van der Waals surface area contributed by atoms with E-state index in [9.17, 15) is 0 Å². The molecule has 0 bridgehead atoms. The van der Waals surface area contributed by atoms with E-state index in [4.69, 9.17) is 0 Å². The standard InChI is InChI=1S/C14H23N3/c1-6-15-12(4)13-7-8-16-14(9-13)17(5)10-11(2)3/h7-9,12,15H,2,6,10H2,1,3-5H3. The second kappa shape index (κ2) is 6.40. The minimum Gasteiger partial charge on any atom is -0.356 e. The predicted octanol–water partition coefficient (Wildman–Crippen LogP) is 2.76. The van der Waals surface area contributed by atoms with Crippen molar-refractivity contribution in [2.24, 2.45) is 0 Å². The number of aromatic nitrogens is 1. The van der Waals surface area contributed by atoms with Crippen LogP contribution in [0, 0.1) is 0 Å². The fraction of sp³-hybridized carbons (Fsp3) is 0.500. The van der Waals surface area contributed by atoms with Crippen LogP contribution in [0.4, 0.5) is 5.82 Å². The van der Waals surface area contributed by atoms with Gasteiger partial charge in [0, 0.05) is 25.8 Å². The molecule has 0 fully saturated rings. The Hall–Kier alpha value is -1.35. The third-order valence-corrected chi connectivity index (χ3v) is 2.68. The highest BCUT2D eigenvalue weighted by Crippen LogP contribution is 2.17. The van der Waals surface area contributed by atoms with Crippen molar-refractivity contribution in [3.8, 4) is 0 Å². The van der Waals surface area contributed by atoms with Crippen LogP contribution in [0.2, 0.25) is 0 Å². The molecular weight excluding hydrogens is 210 g/mol. The zero-order valence-electron chi connectivity index (χ0n) is 11.3. The second-order valence-electron chi connectivity index (χ2n) is 4.54. The quantitative estimate of drug-likeness (QED) is 0.766. The number of anilines is 1. The molecule has 1 heterocycles. The van der Waals surface area contributed by atoms with Crippen molar-refractivity contribution in [2.45, 2.75) is 26.8 Å². The maximum Gasteiger partial charge on any atom is 0.128 e. The van der Waals surface area contributed by atoms with E-state index in [-0.39, 0.29) is 0 Å². The first kappa shape index (κ1) is 13.7. The third kappa shape index (κ3) is 4.19. The van der Waals surface area contributed by atoms with Crippen LogP contribution >= 0.6 is 0 Å². The number of likely N-dealkylation sites (N-methyl/N-ethyl adjacent to an activating group) is 1. The van der Waals surface area contributed by atoms with Crippen molar-refractivity contribution in [2.75, 3.05) is 25.0 Å². The smallest absolute Gasteiger partial charge is 0.128 e. The van der Waals surface area contributed by atoms with Gasteiger partial charge in [-0.25, -0.2) is 4.98 Å². The first-order chi connectivity index (χ1) is 8.04. The lowest BCUT2D eigenvalue weighted by Crippen LogP contribution is -2.22. The number of hydrogen-bond acceptors (Lipinski definition) is 3. The average molecular weight is 233 g/mol. The van der Waals surface area contributed by atoms with E-state index >= 15 is 0 Å². The molecule has 0 saturated heterocycles. The van der Waals surface area contributed by atoms with Gasteiger partial charge < -0.3 is 10.2 Å². The normalized spacial score (nSPS) is 12.2. The topological polar surface area (TPSA) is 28.2 Å². The van der Waals surface area contributed by atoms with Gasteiger partial charge in [0.15, 0.2) is 0 Å². The van der Waals surface area contributed by atoms with E-state index in [1.54, 1.807) is 0 Å². The van der Waals surface area contributed by atoms with Crippen LogP contribution in [-0.2, 0) is 0 Å². The number of nitrogens with one attached hydrogen (secondary N) is 1. The summed E-state index contributed by atoms with van der Waals surface area (Å²) in [5.74, 6) is 0.996. The Labute approximate surface area is 105 Å². The minimum absolute atomic E-state index is 0.361. The molecule has 0 spiro atoms. The van der Waals surface area contributed by atoms with Crippen molar-refractivity contribution in [3.05, 3.63) is 36.0 Å². The zero-order valence-corrected chi connectivity index (χ0v) is 11.3. The van der Waals surface area contributed by atoms with E-state index in [1.165, 1.54) is 5.56 Å². The number of rotatable bonds is 6. The molecule has 0 radical (unpaired) electrons. The Morgan fingerprint density at radius 2 is 2.29 bits per heavy atom. The molecule has 1 unspecified atom stereocenters. The SMILES string of the molecule is C=C(C)CN(C)c1cc(C(C)NCC)ccn1. The Morgan fingerprint density at radius 1 is 1.59 bits per heavy atom. The van der Waals surface area contributed by atoms with Gasteiger partial charge in [-0.15, -0.1) is 0 Å². The van der Waals surface area contributed by atoms with Crippen LogP contribution in [0.3, 0.4) is 0 Å². The van der Waals surface area contributed by atoms with Crippen molar-refractivity contribution in [1.29, 1.82) is 0 Å². The van der Waals surface area contributed by atoms with Gasteiger partial charge in [0.1, 0.15) is 5.82 Å². The van der Waals surface area contributed by atoms with E-state index < -0.39 is 0 Å². The lowest BCUT2D eigenvalue weighted by molar-refractivity contribution is 0.597. The monoisotopic (exact) mass is 233 g/mol. The first-order valence-electron chi connectivity index (χ1n) is 6.09. The second-order valence-corrected chi connectivity index (χ2v) is 4.54. The summed E-state index contributed by atoms with van der Waals surface area (Å²) < 4.78 is 0. The predicted molar refractivity (Wildman–Crippen MR) is 74.4 cm³/mol. The summed E-state index contributed by atoms with van der Waals surface area (Å²) in [4.78, 5) is 6.51. The largest absolute Gasteiger partial charge is 0.356 e. The molecule has 0 amide bonds. The van der Waals surface area contributed by atoms with Gasteiger partial charge >= 0.3 is 0 Å². The zero-order chi connectivity index (χ0) is 12.8. The van der Waals surface area contributed by atoms with Gasteiger partial charge in [-0.2, -0.15) is 0 Å². The maximum absolute atomic E-state index is 4.39. The highest BCUT2D eigenvalue weighted by atomic mass is 15.2. The Kier molecular flexibility index (Phi) is 5.16. The maximum atomic E-state index is 4.39. The van der Waals surface area contributed by atoms with Gasteiger partial charge in [0.05, 0.1) is 0 Å². The molecule has 1 aromatic rings. The summed E-state index contributed by atoms with van der Waals surface area (Å²) in [5.41, 5.74) is 2.41. The van der Waals surface area contributed by atoms with E-state index in [0.717, 1.165) is 24.5 Å². The minimum atomic E-state index is 0.361. The molecule has 17 heavy (non-hydrogen) atoms. The first-order valence-corrected chi connectivity index (χ1v) is 6.09. The molecule has 0 aromatic carbocycles. The van der Waals surface area contributed by atoms with Crippen LogP contribution in [0.1, 0.15) is 32.4 Å². The average Bonchev–Trinajstić information content (AvgIpc) is 2.28. The van der Waals surface area contributed by atoms with Crippen LogP contribution in [-0.4, -0.2) is 25.1 Å². The highest BCUT2D eigenvalue weighted by Gasteiger charge is 2.07. The molecule has 0 saturated carbocycles. The highest BCUT2D eigenvalue weighted by molar-refractivity contribution is 5.42. The van der Waals surface area contributed by atoms with Gasteiger partial charge in [0.25, 0.3) is 0 Å². The molecule has 0 aliphatic heterocycles. The lowest BCUT2D eigenvalue weighted by Gasteiger charge is -2.20. The molecule has 3 heteroatoms. The molecule has 1 aromatic heterocycles. The summed E-state index contributed by atoms with van der Waals surface area (Å²) >= 11 is 0. The Balaban J connectivity index is 2.81. The number of nitrogens with zero attached hydrogens (tertiary/aromatic N) is 2. The number of pyridine rings is 1. The summed E-state index contributed by atoms with van der Waals surface area (Å²) in [5, 5.41) is 3.40. The van der Waals surface area contributed by atoms with Gasteiger partial charge in [0.2, 0.25) is 0 Å². The van der Waals surface area contributed by atoms with Crippen molar-refractivity contribution in [1.82, 2.24) is 10.3 Å².